The van der Waals surface area contributed by atoms with Crippen molar-refractivity contribution in [2.24, 2.45) is 0 Å². The van der Waals surface area contributed by atoms with E-state index in [1.807, 2.05) is 6.92 Å². The molecule has 0 aliphatic carbocycles. The highest BCUT2D eigenvalue weighted by Gasteiger charge is 2.18. The summed E-state index contributed by atoms with van der Waals surface area (Å²) in [6.07, 6.45) is 3.37. The number of hydrogen-bond acceptors (Lipinski definition) is 2. The second-order valence-corrected chi connectivity index (χ2v) is 2.90. The molecule has 1 aliphatic rings. The SMILES string of the molecule is CCNC(=O)[C@H]1CCCCN1. The van der Waals surface area contributed by atoms with Crippen LogP contribution in [0.4, 0.5) is 0 Å². The summed E-state index contributed by atoms with van der Waals surface area (Å²) in [4.78, 5) is 11.2. The Morgan fingerprint density at radius 2 is 2.45 bits per heavy atom. The summed E-state index contributed by atoms with van der Waals surface area (Å²) in [5.74, 6) is 0.159. The highest BCUT2D eigenvalue weighted by atomic mass is 16.2. The van der Waals surface area contributed by atoms with Crippen LogP contribution in [0.25, 0.3) is 0 Å². The summed E-state index contributed by atoms with van der Waals surface area (Å²) in [5, 5.41) is 6.01. The van der Waals surface area contributed by atoms with Crippen molar-refractivity contribution < 1.29 is 4.79 Å². The molecule has 2 N–H and O–H groups in total. The van der Waals surface area contributed by atoms with E-state index in [1.165, 1.54) is 12.8 Å². The highest BCUT2D eigenvalue weighted by Crippen LogP contribution is 2.06. The number of nitrogens with one attached hydrogen (secondary N) is 2. The molecule has 1 atom stereocenters. The van der Waals surface area contributed by atoms with Gasteiger partial charge in [-0.25, -0.2) is 0 Å². The molecule has 1 rings (SSSR count). The lowest BCUT2D eigenvalue weighted by Gasteiger charge is -2.21. The fraction of sp³-hybridized carbons (Fsp3) is 0.875. The van der Waals surface area contributed by atoms with E-state index in [4.69, 9.17) is 0 Å². The van der Waals surface area contributed by atoms with Crippen molar-refractivity contribution in [1.29, 1.82) is 0 Å². The topological polar surface area (TPSA) is 41.1 Å². The summed E-state index contributed by atoms with van der Waals surface area (Å²) in [5.41, 5.74) is 0. The van der Waals surface area contributed by atoms with Crippen LogP contribution in [0.3, 0.4) is 0 Å². The van der Waals surface area contributed by atoms with Crippen LogP contribution in [-0.2, 0) is 4.79 Å². The Hall–Kier alpha value is -0.570. The molecule has 0 radical (unpaired) electrons. The molecule has 0 spiro atoms. The average molecular weight is 156 g/mol. The predicted octanol–water partition coefficient (Wildman–Crippen LogP) is 0.265. The first-order valence-electron chi connectivity index (χ1n) is 4.35. The van der Waals surface area contributed by atoms with Crippen LogP contribution in [-0.4, -0.2) is 25.0 Å². The Morgan fingerprint density at radius 1 is 1.64 bits per heavy atom. The molecule has 0 saturated carbocycles. The molecule has 3 nitrogen and oxygen atoms in total. The van der Waals surface area contributed by atoms with Gasteiger partial charge in [-0.2, -0.15) is 0 Å². The maximum Gasteiger partial charge on any atom is 0.237 e. The zero-order valence-electron chi connectivity index (χ0n) is 7.02. The molecule has 64 valence electrons. The number of likely N-dealkylation sites (N-methyl/N-ethyl adjacent to an activating group) is 1. The minimum Gasteiger partial charge on any atom is -0.355 e. The van der Waals surface area contributed by atoms with E-state index in [0.717, 1.165) is 19.5 Å². The van der Waals surface area contributed by atoms with Crippen molar-refractivity contribution in [2.75, 3.05) is 13.1 Å². The second kappa shape index (κ2) is 4.34. The molecule has 3 heteroatoms. The van der Waals surface area contributed by atoms with Crippen LogP contribution in [0.15, 0.2) is 0 Å². The van der Waals surface area contributed by atoms with Crippen LogP contribution in [0.1, 0.15) is 26.2 Å². The van der Waals surface area contributed by atoms with Crippen LogP contribution in [0.2, 0.25) is 0 Å². The van der Waals surface area contributed by atoms with E-state index in [9.17, 15) is 4.79 Å². The lowest BCUT2D eigenvalue weighted by atomic mass is 10.0. The van der Waals surface area contributed by atoms with E-state index in [-0.39, 0.29) is 11.9 Å². The van der Waals surface area contributed by atoms with Crippen molar-refractivity contribution in [2.45, 2.75) is 32.2 Å². The Kier molecular flexibility index (Phi) is 3.36. The molecule has 0 aromatic carbocycles. The molecule has 0 aromatic heterocycles. The average Bonchev–Trinajstić information content (AvgIpc) is 2.07. The number of piperidine rings is 1. The van der Waals surface area contributed by atoms with Gasteiger partial charge in [-0.3, -0.25) is 4.79 Å². The van der Waals surface area contributed by atoms with Crippen LogP contribution in [0.5, 0.6) is 0 Å². The zero-order valence-corrected chi connectivity index (χ0v) is 7.02. The normalized spacial score (nSPS) is 24.6. The highest BCUT2D eigenvalue weighted by molar-refractivity contribution is 5.81. The maximum absolute atomic E-state index is 11.2. The Balaban J connectivity index is 2.27. The van der Waals surface area contributed by atoms with Gasteiger partial charge in [0.25, 0.3) is 0 Å². The summed E-state index contributed by atoms with van der Waals surface area (Å²) in [6.45, 7) is 3.67. The van der Waals surface area contributed by atoms with Crippen molar-refractivity contribution in [3.63, 3.8) is 0 Å². The molecule has 1 amide bonds. The number of rotatable bonds is 2. The van der Waals surface area contributed by atoms with Crippen LogP contribution in [0, 0.1) is 0 Å². The van der Waals surface area contributed by atoms with Gasteiger partial charge in [0.2, 0.25) is 5.91 Å². The van der Waals surface area contributed by atoms with Crippen LogP contribution >= 0.6 is 0 Å². The van der Waals surface area contributed by atoms with Crippen LogP contribution < -0.4 is 10.6 Å². The van der Waals surface area contributed by atoms with Crippen molar-refractivity contribution in [3.8, 4) is 0 Å². The molecule has 1 aliphatic heterocycles. The first kappa shape index (κ1) is 8.53. The van der Waals surface area contributed by atoms with Crippen molar-refractivity contribution >= 4 is 5.91 Å². The maximum atomic E-state index is 11.2. The first-order valence-corrected chi connectivity index (χ1v) is 4.35. The second-order valence-electron chi connectivity index (χ2n) is 2.90. The summed E-state index contributed by atoms with van der Waals surface area (Å²) < 4.78 is 0. The fourth-order valence-electron chi connectivity index (χ4n) is 1.37. The van der Waals surface area contributed by atoms with Gasteiger partial charge in [0.1, 0.15) is 0 Å². The van der Waals surface area contributed by atoms with Gasteiger partial charge in [0.15, 0.2) is 0 Å². The molecule has 1 fully saturated rings. The fourth-order valence-corrected chi connectivity index (χ4v) is 1.37. The van der Waals surface area contributed by atoms with Gasteiger partial charge < -0.3 is 10.6 Å². The third-order valence-electron chi connectivity index (χ3n) is 1.98. The zero-order chi connectivity index (χ0) is 8.10. The van der Waals surface area contributed by atoms with E-state index in [2.05, 4.69) is 10.6 Å². The lowest BCUT2D eigenvalue weighted by molar-refractivity contribution is -0.123. The van der Waals surface area contributed by atoms with E-state index < -0.39 is 0 Å². The summed E-state index contributed by atoms with van der Waals surface area (Å²) >= 11 is 0. The van der Waals surface area contributed by atoms with Gasteiger partial charge in [-0.05, 0) is 26.3 Å². The summed E-state index contributed by atoms with van der Waals surface area (Å²) in [7, 11) is 0. The minimum absolute atomic E-state index is 0.0729. The molecule has 0 unspecified atom stereocenters. The molecule has 1 heterocycles. The third kappa shape index (κ3) is 2.50. The predicted molar refractivity (Wildman–Crippen MR) is 44.3 cm³/mol. The number of carbonyl (C=O) groups is 1. The number of carbonyl (C=O) groups excluding carboxylic acids is 1. The largest absolute Gasteiger partial charge is 0.355 e. The number of hydrogen-bond donors (Lipinski definition) is 2. The van der Waals surface area contributed by atoms with E-state index in [0.29, 0.717) is 0 Å². The van der Waals surface area contributed by atoms with E-state index >= 15 is 0 Å². The molecule has 0 bridgehead atoms. The van der Waals surface area contributed by atoms with Gasteiger partial charge in [0, 0.05) is 6.54 Å². The minimum atomic E-state index is 0.0729. The first-order chi connectivity index (χ1) is 5.34. The molecular weight excluding hydrogens is 140 g/mol. The Labute approximate surface area is 67.5 Å². The summed E-state index contributed by atoms with van der Waals surface area (Å²) in [6, 6.07) is 0.0729. The standard InChI is InChI=1S/C8H16N2O/c1-2-9-8(11)7-5-3-4-6-10-7/h7,10H,2-6H2,1H3,(H,9,11)/t7-/m1/s1. The Bertz CT molecular complexity index is 130. The van der Waals surface area contributed by atoms with Gasteiger partial charge >= 0.3 is 0 Å². The lowest BCUT2D eigenvalue weighted by Crippen LogP contribution is -2.46. The third-order valence-corrected chi connectivity index (χ3v) is 1.98. The van der Waals surface area contributed by atoms with Gasteiger partial charge in [0.05, 0.1) is 6.04 Å². The van der Waals surface area contributed by atoms with E-state index in [1.54, 1.807) is 0 Å². The van der Waals surface area contributed by atoms with Crippen molar-refractivity contribution in [3.05, 3.63) is 0 Å². The van der Waals surface area contributed by atoms with Gasteiger partial charge in [-0.15, -0.1) is 0 Å². The molecule has 0 aromatic rings. The van der Waals surface area contributed by atoms with Gasteiger partial charge in [-0.1, -0.05) is 6.42 Å². The smallest absolute Gasteiger partial charge is 0.237 e. The van der Waals surface area contributed by atoms with Crippen molar-refractivity contribution in [1.82, 2.24) is 10.6 Å². The Morgan fingerprint density at radius 3 is 3.00 bits per heavy atom. The molecule has 1 saturated heterocycles. The monoisotopic (exact) mass is 156 g/mol. The quantitative estimate of drug-likeness (QED) is 0.602. The molecular formula is C8H16N2O. The number of amides is 1. The molecule has 11 heavy (non-hydrogen) atoms.